The summed E-state index contributed by atoms with van der Waals surface area (Å²) in [7, 11) is 1.64. The second kappa shape index (κ2) is 8.77. The third-order valence-electron chi connectivity index (χ3n) is 4.71. The molecule has 7 heteroatoms. The molecule has 1 amide bonds. The maximum Gasteiger partial charge on any atom is 0.265 e. The fourth-order valence-electron chi connectivity index (χ4n) is 3.10. The van der Waals surface area contributed by atoms with E-state index in [0.717, 1.165) is 26.4 Å². The number of aryl methyl sites for hydroxylation is 2. The molecule has 4 aromatic rings. The summed E-state index contributed by atoms with van der Waals surface area (Å²) in [6, 6.07) is 15.6. The lowest BCUT2D eigenvalue weighted by atomic mass is 10.1. The van der Waals surface area contributed by atoms with E-state index in [9.17, 15) is 4.79 Å². The van der Waals surface area contributed by atoms with E-state index >= 15 is 0 Å². The molecule has 4 rings (SSSR count). The first-order valence-corrected chi connectivity index (χ1v) is 11.0. The van der Waals surface area contributed by atoms with Gasteiger partial charge in [-0.05, 0) is 67.3 Å². The number of nitrogens with zero attached hydrogens (tertiary/aromatic N) is 1. The summed E-state index contributed by atoms with van der Waals surface area (Å²) in [5.74, 6) is 0.602. The minimum atomic E-state index is -0.139. The van der Waals surface area contributed by atoms with E-state index in [0.29, 0.717) is 10.6 Å². The monoisotopic (exact) mass is 435 g/mol. The van der Waals surface area contributed by atoms with Crippen molar-refractivity contribution in [1.82, 2.24) is 4.98 Å². The Balaban J connectivity index is 1.53. The number of fused-ring (bicyclic) bond motifs is 1. The van der Waals surface area contributed by atoms with Gasteiger partial charge in [0.2, 0.25) is 0 Å². The first-order valence-electron chi connectivity index (χ1n) is 9.37. The van der Waals surface area contributed by atoms with Crippen molar-refractivity contribution < 1.29 is 9.53 Å². The number of thiophene rings is 1. The van der Waals surface area contributed by atoms with Gasteiger partial charge in [-0.25, -0.2) is 0 Å². The Morgan fingerprint density at radius 1 is 1.10 bits per heavy atom. The van der Waals surface area contributed by atoms with Crippen LogP contribution < -0.4 is 14.8 Å². The Bertz CT molecular complexity index is 1170. The molecule has 0 bridgehead atoms. The maximum absolute atomic E-state index is 12.7. The molecule has 0 fully saturated rings. The SMILES string of the molecule is COc1ccc(NC(=O)c2cc3cnccc3s2)cc1SNc1c(C)cccc1C. The van der Waals surface area contributed by atoms with Crippen LogP contribution in [0.3, 0.4) is 0 Å². The molecule has 0 saturated carbocycles. The zero-order valence-corrected chi connectivity index (χ0v) is 18.5. The lowest BCUT2D eigenvalue weighted by Gasteiger charge is -2.14. The van der Waals surface area contributed by atoms with Crippen LogP contribution in [0.15, 0.2) is 65.8 Å². The summed E-state index contributed by atoms with van der Waals surface area (Å²) < 4.78 is 9.96. The van der Waals surface area contributed by atoms with Gasteiger partial charge in [-0.1, -0.05) is 18.2 Å². The number of rotatable bonds is 6. The molecular weight excluding hydrogens is 414 g/mol. The van der Waals surface area contributed by atoms with Crippen molar-refractivity contribution in [2.75, 3.05) is 17.1 Å². The zero-order valence-electron chi connectivity index (χ0n) is 16.9. The van der Waals surface area contributed by atoms with Gasteiger partial charge >= 0.3 is 0 Å². The van der Waals surface area contributed by atoms with Crippen LogP contribution in [0.4, 0.5) is 11.4 Å². The Hall–Kier alpha value is -3.03. The average molecular weight is 436 g/mol. The number of hydrogen-bond donors (Lipinski definition) is 2. The van der Waals surface area contributed by atoms with Crippen LogP contribution >= 0.6 is 23.3 Å². The van der Waals surface area contributed by atoms with Crippen LogP contribution in [0.25, 0.3) is 10.1 Å². The van der Waals surface area contributed by atoms with Crippen molar-refractivity contribution in [3.63, 3.8) is 0 Å². The van der Waals surface area contributed by atoms with E-state index in [1.165, 1.54) is 34.4 Å². The van der Waals surface area contributed by atoms with Crippen molar-refractivity contribution in [2.24, 2.45) is 0 Å². The molecular formula is C23H21N3O2S2. The number of para-hydroxylation sites is 1. The molecule has 0 atom stereocenters. The summed E-state index contributed by atoms with van der Waals surface area (Å²) in [6.07, 6.45) is 3.50. The van der Waals surface area contributed by atoms with Gasteiger partial charge in [-0.15, -0.1) is 11.3 Å². The number of aromatic nitrogens is 1. The van der Waals surface area contributed by atoms with Crippen LogP contribution in [0, 0.1) is 13.8 Å². The summed E-state index contributed by atoms with van der Waals surface area (Å²) in [5.41, 5.74) is 4.13. The van der Waals surface area contributed by atoms with Gasteiger partial charge in [0.05, 0.1) is 22.6 Å². The quantitative estimate of drug-likeness (QED) is 0.348. The summed E-state index contributed by atoms with van der Waals surface area (Å²) in [6.45, 7) is 4.15. The Labute approximate surface area is 183 Å². The largest absolute Gasteiger partial charge is 0.496 e. The van der Waals surface area contributed by atoms with Crippen molar-refractivity contribution in [3.05, 3.63) is 76.9 Å². The first kappa shape index (κ1) is 20.3. The number of hydrogen-bond acceptors (Lipinski definition) is 6. The van der Waals surface area contributed by atoms with Gasteiger partial charge in [-0.3, -0.25) is 9.78 Å². The average Bonchev–Trinajstić information content (AvgIpc) is 3.18. The molecule has 0 radical (unpaired) electrons. The molecule has 0 unspecified atom stereocenters. The topological polar surface area (TPSA) is 63.2 Å². The number of carbonyl (C=O) groups excluding carboxylic acids is 1. The fourth-order valence-corrected chi connectivity index (χ4v) is 5.00. The number of methoxy groups -OCH3 is 1. The number of carbonyl (C=O) groups is 1. The third-order valence-corrected chi connectivity index (χ3v) is 6.67. The van der Waals surface area contributed by atoms with Crippen LogP contribution in [-0.4, -0.2) is 18.0 Å². The van der Waals surface area contributed by atoms with E-state index < -0.39 is 0 Å². The highest BCUT2D eigenvalue weighted by Gasteiger charge is 2.13. The fraction of sp³-hybridized carbons (Fsp3) is 0.130. The minimum Gasteiger partial charge on any atom is -0.496 e. The van der Waals surface area contributed by atoms with Crippen LogP contribution in [0.1, 0.15) is 20.8 Å². The Morgan fingerprint density at radius 3 is 2.63 bits per heavy atom. The zero-order chi connectivity index (χ0) is 21.1. The van der Waals surface area contributed by atoms with E-state index in [-0.39, 0.29) is 5.91 Å². The van der Waals surface area contributed by atoms with E-state index in [2.05, 4.69) is 41.0 Å². The molecule has 0 saturated heterocycles. The first-order chi connectivity index (χ1) is 14.5. The van der Waals surface area contributed by atoms with Gasteiger partial charge in [0.1, 0.15) is 5.75 Å². The van der Waals surface area contributed by atoms with E-state index in [4.69, 9.17) is 4.74 Å². The number of pyridine rings is 1. The molecule has 2 heterocycles. The van der Waals surface area contributed by atoms with Crippen molar-refractivity contribution in [1.29, 1.82) is 0 Å². The molecule has 2 aromatic carbocycles. The second-order valence-electron chi connectivity index (χ2n) is 6.81. The normalized spacial score (nSPS) is 10.8. The van der Waals surface area contributed by atoms with Gasteiger partial charge in [-0.2, -0.15) is 0 Å². The summed E-state index contributed by atoms with van der Waals surface area (Å²) in [4.78, 5) is 18.4. The van der Waals surface area contributed by atoms with E-state index in [1.807, 2.05) is 36.4 Å². The number of nitrogens with one attached hydrogen (secondary N) is 2. The lowest BCUT2D eigenvalue weighted by Crippen LogP contribution is -2.10. The highest BCUT2D eigenvalue weighted by atomic mass is 32.2. The Kier molecular flexibility index (Phi) is 5.92. The lowest BCUT2D eigenvalue weighted by molar-refractivity contribution is 0.103. The second-order valence-corrected chi connectivity index (χ2v) is 8.75. The van der Waals surface area contributed by atoms with Crippen LogP contribution in [0.2, 0.25) is 0 Å². The highest BCUT2D eigenvalue weighted by molar-refractivity contribution is 8.00. The van der Waals surface area contributed by atoms with Crippen molar-refractivity contribution >= 4 is 50.7 Å². The smallest absolute Gasteiger partial charge is 0.265 e. The molecule has 5 nitrogen and oxygen atoms in total. The molecule has 30 heavy (non-hydrogen) atoms. The molecule has 0 aliphatic heterocycles. The predicted molar refractivity (Wildman–Crippen MR) is 126 cm³/mol. The Morgan fingerprint density at radius 2 is 1.90 bits per heavy atom. The number of ether oxygens (including phenoxy) is 1. The molecule has 0 aliphatic carbocycles. The van der Waals surface area contributed by atoms with Crippen molar-refractivity contribution in [3.8, 4) is 5.75 Å². The van der Waals surface area contributed by atoms with E-state index in [1.54, 1.807) is 19.5 Å². The number of anilines is 2. The third kappa shape index (κ3) is 4.27. The molecule has 152 valence electrons. The maximum atomic E-state index is 12.7. The number of amides is 1. The summed E-state index contributed by atoms with van der Waals surface area (Å²) >= 11 is 2.91. The predicted octanol–water partition coefficient (Wildman–Crippen LogP) is 6.29. The van der Waals surface area contributed by atoms with Gasteiger partial charge < -0.3 is 14.8 Å². The molecule has 0 aliphatic rings. The van der Waals surface area contributed by atoms with Crippen LogP contribution in [0.5, 0.6) is 5.75 Å². The minimum absolute atomic E-state index is 0.139. The molecule has 2 aromatic heterocycles. The van der Waals surface area contributed by atoms with Gasteiger partial charge in [0, 0.05) is 28.2 Å². The van der Waals surface area contributed by atoms with Crippen molar-refractivity contribution in [2.45, 2.75) is 18.7 Å². The summed E-state index contributed by atoms with van der Waals surface area (Å²) in [5, 5.41) is 3.96. The molecule has 0 spiro atoms. The number of benzene rings is 2. The van der Waals surface area contributed by atoms with Crippen LogP contribution in [-0.2, 0) is 0 Å². The highest BCUT2D eigenvalue weighted by Crippen LogP contribution is 2.34. The van der Waals surface area contributed by atoms with Gasteiger partial charge in [0.15, 0.2) is 0 Å². The van der Waals surface area contributed by atoms with Gasteiger partial charge in [0.25, 0.3) is 5.91 Å². The molecule has 2 N–H and O–H groups in total. The standard InChI is InChI=1S/C23H21N3O2S2/c1-14-5-4-6-15(2)22(14)26-30-20-12-17(7-8-18(20)28-3)25-23(27)21-11-16-13-24-10-9-19(16)29-21/h4-13,26H,1-3H3,(H,25,27).